The largest absolute Gasteiger partial charge is 0.357 e. The Hall–Kier alpha value is -1.01. The fourth-order valence-electron chi connectivity index (χ4n) is 2.03. The number of hydrogen-bond donors (Lipinski definition) is 2. The first kappa shape index (κ1) is 12.4. The number of rotatable bonds is 2. The molecule has 92 valence electrons. The molecule has 2 amide bonds. The first-order valence-corrected chi connectivity index (χ1v) is 6.76. The van der Waals surface area contributed by atoms with E-state index in [1.807, 2.05) is 5.38 Å². The summed E-state index contributed by atoms with van der Waals surface area (Å²) in [5.74, 6) is -0.153. The minimum atomic E-state index is -0.321. The lowest BCUT2D eigenvalue weighted by Crippen LogP contribution is -2.44. The molecule has 1 aromatic rings. The maximum Gasteiger partial charge on any atom is 0.264 e. The summed E-state index contributed by atoms with van der Waals surface area (Å²) in [6, 6.07) is 1.42. The van der Waals surface area contributed by atoms with Crippen LogP contribution in [0.4, 0.5) is 0 Å². The summed E-state index contributed by atoms with van der Waals surface area (Å²) in [4.78, 5) is 26.9. The van der Waals surface area contributed by atoms with E-state index in [9.17, 15) is 9.59 Å². The lowest BCUT2D eigenvalue weighted by atomic mass is 10.2. The van der Waals surface area contributed by atoms with Gasteiger partial charge in [-0.3, -0.25) is 9.59 Å². The molecule has 2 rings (SSSR count). The van der Waals surface area contributed by atoms with Gasteiger partial charge >= 0.3 is 0 Å². The van der Waals surface area contributed by atoms with Crippen molar-refractivity contribution in [1.29, 1.82) is 0 Å². The first-order chi connectivity index (χ1) is 8.13. The van der Waals surface area contributed by atoms with Crippen molar-refractivity contribution in [2.24, 2.45) is 0 Å². The van der Waals surface area contributed by atoms with E-state index in [1.165, 1.54) is 11.3 Å². The lowest BCUT2D eigenvalue weighted by Gasteiger charge is -2.22. The summed E-state index contributed by atoms with van der Waals surface area (Å²) < 4.78 is 0. The van der Waals surface area contributed by atoms with Crippen molar-refractivity contribution in [3.63, 3.8) is 0 Å². The number of likely N-dealkylation sites (N-methyl/N-ethyl adjacent to an activating group) is 1. The second-order valence-electron chi connectivity index (χ2n) is 3.94. The van der Waals surface area contributed by atoms with Gasteiger partial charge in [0.1, 0.15) is 6.04 Å². The van der Waals surface area contributed by atoms with E-state index in [1.54, 1.807) is 18.0 Å². The molecular formula is C11H14N2O2S2. The zero-order chi connectivity index (χ0) is 12.4. The molecule has 1 aliphatic heterocycles. The van der Waals surface area contributed by atoms with E-state index in [0.29, 0.717) is 11.4 Å². The third-order valence-corrected chi connectivity index (χ3v) is 4.21. The predicted molar refractivity (Wildman–Crippen MR) is 69.7 cm³/mol. The molecule has 0 saturated carbocycles. The van der Waals surface area contributed by atoms with Gasteiger partial charge in [0.2, 0.25) is 5.91 Å². The minimum Gasteiger partial charge on any atom is -0.357 e. The van der Waals surface area contributed by atoms with Gasteiger partial charge in [-0.05, 0) is 18.9 Å². The van der Waals surface area contributed by atoms with E-state index in [0.717, 1.165) is 17.7 Å². The second-order valence-corrected chi connectivity index (χ2v) is 5.37. The maximum atomic E-state index is 12.2. The Morgan fingerprint density at radius 3 is 2.94 bits per heavy atom. The molecule has 6 heteroatoms. The van der Waals surface area contributed by atoms with Crippen molar-refractivity contribution >= 4 is 35.8 Å². The van der Waals surface area contributed by atoms with Crippen molar-refractivity contribution in [3.05, 3.63) is 16.3 Å². The van der Waals surface area contributed by atoms with Crippen LogP contribution in [-0.4, -0.2) is 36.3 Å². The number of nitrogens with zero attached hydrogens (tertiary/aromatic N) is 1. The van der Waals surface area contributed by atoms with Gasteiger partial charge in [-0.2, -0.15) is 0 Å². The average Bonchev–Trinajstić information content (AvgIpc) is 2.95. The van der Waals surface area contributed by atoms with Gasteiger partial charge in [-0.25, -0.2) is 0 Å². The zero-order valence-electron chi connectivity index (χ0n) is 9.47. The standard InChI is InChI=1S/C11H14N2O2S2/c1-12-10(14)8-3-2-4-13(8)11(15)9-5-7(16)6-17-9/h5-6,8,16H,2-4H2,1H3,(H,12,14). The van der Waals surface area contributed by atoms with Crippen LogP contribution in [0.1, 0.15) is 22.5 Å². The van der Waals surface area contributed by atoms with E-state index < -0.39 is 0 Å². The predicted octanol–water partition coefficient (Wildman–Crippen LogP) is 1.39. The highest BCUT2D eigenvalue weighted by Crippen LogP contribution is 2.24. The fraction of sp³-hybridized carbons (Fsp3) is 0.455. The normalized spacial score (nSPS) is 19.4. The number of hydrogen-bond acceptors (Lipinski definition) is 4. The van der Waals surface area contributed by atoms with Crippen LogP contribution < -0.4 is 5.32 Å². The molecule has 0 radical (unpaired) electrons. The van der Waals surface area contributed by atoms with Gasteiger partial charge in [0.25, 0.3) is 5.91 Å². The number of likely N-dealkylation sites (tertiary alicyclic amines) is 1. The minimum absolute atomic E-state index is 0.0681. The number of thiophene rings is 1. The van der Waals surface area contributed by atoms with Gasteiger partial charge in [0.15, 0.2) is 0 Å². The molecule has 17 heavy (non-hydrogen) atoms. The monoisotopic (exact) mass is 270 g/mol. The van der Waals surface area contributed by atoms with Gasteiger partial charge in [-0.15, -0.1) is 24.0 Å². The Morgan fingerprint density at radius 2 is 2.35 bits per heavy atom. The summed E-state index contributed by atoms with van der Waals surface area (Å²) in [7, 11) is 1.60. The van der Waals surface area contributed by atoms with Crippen LogP contribution in [-0.2, 0) is 4.79 Å². The molecule has 2 heterocycles. The van der Waals surface area contributed by atoms with E-state index in [4.69, 9.17) is 0 Å². The van der Waals surface area contributed by atoms with Gasteiger partial charge < -0.3 is 10.2 Å². The molecule has 1 aliphatic rings. The average molecular weight is 270 g/mol. The Labute approximate surface area is 109 Å². The quantitative estimate of drug-likeness (QED) is 0.798. The van der Waals surface area contributed by atoms with Crippen molar-refractivity contribution in [2.75, 3.05) is 13.6 Å². The number of amides is 2. The highest BCUT2D eigenvalue weighted by atomic mass is 32.1. The van der Waals surface area contributed by atoms with Crippen LogP contribution in [0, 0.1) is 0 Å². The number of carbonyl (C=O) groups is 2. The SMILES string of the molecule is CNC(=O)C1CCCN1C(=O)c1cc(S)cs1. The molecule has 0 spiro atoms. The third-order valence-electron chi connectivity index (χ3n) is 2.86. The molecule has 0 aromatic carbocycles. The van der Waals surface area contributed by atoms with Crippen LogP contribution in [0.3, 0.4) is 0 Å². The van der Waals surface area contributed by atoms with Gasteiger partial charge in [0.05, 0.1) is 4.88 Å². The Kier molecular flexibility index (Phi) is 3.73. The highest BCUT2D eigenvalue weighted by Gasteiger charge is 2.34. The first-order valence-electron chi connectivity index (χ1n) is 5.43. The Bertz CT molecular complexity index is 444. The number of nitrogens with one attached hydrogen (secondary N) is 1. The molecule has 0 aliphatic carbocycles. The van der Waals surface area contributed by atoms with Crippen LogP contribution >= 0.6 is 24.0 Å². The molecule has 1 atom stereocenters. The number of carbonyl (C=O) groups excluding carboxylic acids is 2. The third kappa shape index (κ3) is 2.47. The van der Waals surface area contributed by atoms with Crippen LogP contribution in [0.15, 0.2) is 16.3 Å². The number of thiol groups is 1. The molecule has 1 unspecified atom stereocenters. The molecule has 1 aromatic heterocycles. The molecule has 1 saturated heterocycles. The molecule has 1 fully saturated rings. The summed E-state index contributed by atoms with van der Waals surface area (Å²) in [6.45, 7) is 0.650. The van der Waals surface area contributed by atoms with Crippen LogP contribution in [0.2, 0.25) is 0 Å². The summed E-state index contributed by atoms with van der Waals surface area (Å²) in [5.41, 5.74) is 0. The zero-order valence-corrected chi connectivity index (χ0v) is 11.2. The summed E-state index contributed by atoms with van der Waals surface area (Å²) in [5, 5.41) is 4.42. The van der Waals surface area contributed by atoms with E-state index in [2.05, 4.69) is 17.9 Å². The molecular weight excluding hydrogens is 256 g/mol. The van der Waals surface area contributed by atoms with Gasteiger partial charge in [0, 0.05) is 23.9 Å². The van der Waals surface area contributed by atoms with E-state index >= 15 is 0 Å². The Morgan fingerprint density at radius 1 is 1.59 bits per heavy atom. The highest BCUT2D eigenvalue weighted by molar-refractivity contribution is 7.80. The van der Waals surface area contributed by atoms with Crippen molar-refractivity contribution in [1.82, 2.24) is 10.2 Å². The van der Waals surface area contributed by atoms with Crippen LogP contribution in [0.25, 0.3) is 0 Å². The van der Waals surface area contributed by atoms with Gasteiger partial charge in [-0.1, -0.05) is 0 Å². The molecule has 1 N–H and O–H groups in total. The van der Waals surface area contributed by atoms with Crippen molar-refractivity contribution in [3.8, 4) is 0 Å². The summed E-state index contributed by atoms with van der Waals surface area (Å²) in [6.07, 6.45) is 1.62. The maximum absolute atomic E-state index is 12.2. The molecule has 4 nitrogen and oxygen atoms in total. The smallest absolute Gasteiger partial charge is 0.264 e. The molecule has 0 bridgehead atoms. The second kappa shape index (κ2) is 5.10. The Balaban J connectivity index is 2.16. The van der Waals surface area contributed by atoms with Crippen LogP contribution in [0.5, 0.6) is 0 Å². The topological polar surface area (TPSA) is 49.4 Å². The van der Waals surface area contributed by atoms with Crippen molar-refractivity contribution in [2.45, 2.75) is 23.8 Å². The lowest BCUT2D eigenvalue weighted by molar-refractivity contribution is -0.124. The fourth-order valence-corrected chi connectivity index (χ4v) is 3.13. The summed E-state index contributed by atoms with van der Waals surface area (Å²) >= 11 is 5.55. The van der Waals surface area contributed by atoms with Crippen molar-refractivity contribution < 1.29 is 9.59 Å². The van der Waals surface area contributed by atoms with E-state index in [-0.39, 0.29) is 17.9 Å².